The molecule has 122 valence electrons. The normalized spacial score (nSPS) is 10.8. The molecule has 0 radical (unpaired) electrons. The fraction of sp³-hybridized carbons (Fsp3) is 0.588. The highest BCUT2D eigenvalue weighted by atomic mass is 16.5. The number of carbonyl (C=O) groups is 2. The van der Waals surface area contributed by atoms with Crippen LogP contribution in [-0.2, 0) is 9.47 Å². The number of rotatable bonds is 8. The third kappa shape index (κ3) is 5.84. The topological polar surface area (TPSA) is 65.5 Å². The van der Waals surface area contributed by atoms with Crippen LogP contribution in [0.5, 0.6) is 0 Å². The van der Waals surface area contributed by atoms with Crippen LogP contribution in [0.2, 0.25) is 0 Å². The third-order valence-corrected chi connectivity index (χ3v) is 3.32. The average Bonchev–Trinajstić information content (AvgIpc) is 2.53. The molecule has 0 aliphatic carbocycles. The Morgan fingerprint density at radius 1 is 1.00 bits per heavy atom. The van der Waals surface area contributed by atoms with E-state index in [4.69, 9.17) is 9.47 Å². The number of aromatic nitrogens is 1. The minimum Gasteiger partial charge on any atom is -0.461 e. The molecule has 0 saturated heterocycles. The molecule has 0 aliphatic rings. The number of esters is 2. The van der Waals surface area contributed by atoms with Crippen molar-refractivity contribution in [1.82, 2.24) is 4.98 Å². The van der Waals surface area contributed by atoms with Crippen molar-refractivity contribution in [3.8, 4) is 0 Å². The second-order valence-corrected chi connectivity index (χ2v) is 5.68. The molecule has 0 aromatic carbocycles. The molecule has 1 aromatic rings. The Labute approximate surface area is 132 Å². The van der Waals surface area contributed by atoms with E-state index in [0.29, 0.717) is 19.1 Å². The maximum atomic E-state index is 12.0. The van der Waals surface area contributed by atoms with Crippen molar-refractivity contribution in [3.63, 3.8) is 0 Å². The summed E-state index contributed by atoms with van der Waals surface area (Å²) in [4.78, 5) is 27.9. The monoisotopic (exact) mass is 307 g/mol. The second kappa shape index (κ2) is 9.18. The smallest absolute Gasteiger partial charge is 0.356 e. The molecule has 1 rings (SSSR count). The van der Waals surface area contributed by atoms with E-state index in [1.165, 1.54) is 12.1 Å². The van der Waals surface area contributed by atoms with Crippen molar-refractivity contribution >= 4 is 11.9 Å². The molecule has 0 saturated carbocycles. The molecule has 5 heteroatoms. The number of ether oxygens (including phenoxy) is 2. The molecular weight excluding hydrogens is 282 g/mol. The Balaban J connectivity index is 2.66. The number of hydrogen-bond donors (Lipinski definition) is 0. The van der Waals surface area contributed by atoms with E-state index in [1.54, 1.807) is 6.07 Å². The summed E-state index contributed by atoms with van der Waals surface area (Å²) in [7, 11) is 0. The highest BCUT2D eigenvalue weighted by molar-refractivity contribution is 5.91. The molecule has 0 unspecified atom stereocenters. The fourth-order valence-corrected chi connectivity index (χ4v) is 1.77. The Kier molecular flexibility index (Phi) is 7.57. The first-order chi connectivity index (χ1) is 10.5. The van der Waals surface area contributed by atoms with Crippen molar-refractivity contribution in [2.45, 2.75) is 40.5 Å². The summed E-state index contributed by atoms with van der Waals surface area (Å²) < 4.78 is 10.4. The number of hydrogen-bond acceptors (Lipinski definition) is 5. The average molecular weight is 307 g/mol. The first kappa shape index (κ1) is 18.1. The molecule has 0 aliphatic heterocycles. The maximum absolute atomic E-state index is 12.0. The van der Waals surface area contributed by atoms with E-state index in [0.717, 1.165) is 12.8 Å². The van der Waals surface area contributed by atoms with Gasteiger partial charge in [0, 0.05) is 0 Å². The van der Waals surface area contributed by atoms with E-state index in [2.05, 4.69) is 18.8 Å². The molecule has 22 heavy (non-hydrogen) atoms. The van der Waals surface area contributed by atoms with Gasteiger partial charge >= 0.3 is 11.9 Å². The van der Waals surface area contributed by atoms with Gasteiger partial charge in [-0.05, 0) is 24.0 Å². The zero-order chi connectivity index (χ0) is 16.5. The van der Waals surface area contributed by atoms with Gasteiger partial charge in [-0.25, -0.2) is 14.6 Å². The fourth-order valence-electron chi connectivity index (χ4n) is 1.77. The van der Waals surface area contributed by atoms with Crippen LogP contribution in [-0.4, -0.2) is 30.1 Å². The van der Waals surface area contributed by atoms with Gasteiger partial charge in [-0.3, -0.25) is 0 Å². The van der Waals surface area contributed by atoms with Gasteiger partial charge in [-0.1, -0.05) is 46.6 Å². The lowest BCUT2D eigenvalue weighted by Gasteiger charge is -2.12. The summed E-state index contributed by atoms with van der Waals surface area (Å²) >= 11 is 0. The second-order valence-electron chi connectivity index (χ2n) is 5.68. The standard InChI is InChI=1S/C17H25NO4/c1-5-13(6-2)11-22-17(20)15-9-7-8-14(18-15)16(19)21-10-12(3)4/h7-9,12-13H,5-6,10-11H2,1-4H3. The predicted octanol–water partition coefficient (Wildman–Crippen LogP) is 3.49. The van der Waals surface area contributed by atoms with Crippen LogP contribution in [0.3, 0.4) is 0 Å². The van der Waals surface area contributed by atoms with Crippen LogP contribution in [0.1, 0.15) is 61.5 Å². The first-order valence-corrected chi connectivity index (χ1v) is 7.79. The molecule has 0 bridgehead atoms. The zero-order valence-corrected chi connectivity index (χ0v) is 13.8. The Morgan fingerprint density at radius 2 is 1.50 bits per heavy atom. The van der Waals surface area contributed by atoms with Crippen LogP contribution in [0.4, 0.5) is 0 Å². The van der Waals surface area contributed by atoms with Crippen LogP contribution < -0.4 is 0 Å². The van der Waals surface area contributed by atoms with Crippen LogP contribution in [0.25, 0.3) is 0 Å². The van der Waals surface area contributed by atoms with Gasteiger partial charge in [-0.15, -0.1) is 0 Å². The van der Waals surface area contributed by atoms with Gasteiger partial charge in [0.15, 0.2) is 0 Å². The van der Waals surface area contributed by atoms with Crippen LogP contribution >= 0.6 is 0 Å². The van der Waals surface area contributed by atoms with Crippen molar-refractivity contribution in [2.24, 2.45) is 11.8 Å². The van der Waals surface area contributed by atoms with Crippen LogP contribution in [0, 0.1) is 11.8 Å². The van der Waals surface area contributed by atoms with Crippen LogP contribution in [0.15, 0.2) is 18.2 Å². The van der Waals surface area contributed by atoms with Gasteiger partial charge in [0.05, 0.1) is 13.2 Å². The highest BCUT2D eigenvalue weighted by Crippen LogP contribution is 2.10. The van der Waals surface area contributed by atoms with Crippen molar-refractivity contribution in [3.05, 3.63) is 29.6 Å². The van der Waals surface area contributed by atoms with Gasteiger partial charge in [0.1, 0.15) is 11.4 Å². The molecule has 1 heterocycles. The maximum Gasteiger partial charge on any atom is 0.356 e. The van der Waals surface area contributed by atoms with E-state index in [-0.39, 0.29) is 17.3 Å². The number of nitrogens with zero attached hydrogens (tertiary/aromatic N) is 1. The SMILES string of the molecule is CCC(CC)COC(=O)c1cccc(C(=O)OCC(C)C)n1. The van der Waals surface area contributed by atoms with Crippen molar-refractivity contribution in [1.29, 1.82) is 0 Å². The lowest BCUT2D eigenvalue weighted by Crippen LogP contribution is -2.17. The van der Waals surface area contributed by atoms with E-state index in [1.807, 2.05) is 13.8 Å². The molecule has 0 fully saturated rings. The van der Waals surface area contributed by atoms with Gasteiger partial charge in [0.2, 0.25) is 0 Å². The number of carbonyl (C=O) groups excluding carboxylic acids is 2. The summed E-state index contributed by atoms with van der Waals surface area (Å²) in [6.07, 6.45) is 1.91. The molecule has 0 atom stereocenters. The molecule has 0 amide bonds. The summed E-state index contributed by atoms with van der Waals surface area (Å²) in [5, 5.41) is 0. The first-order valence-electron chi connectivity index (χ1n) is 7.79. The Hall–Kier alpha value is -1.91. The molecule has 0 spiro atoms. The number of pyridine rings is 1. The summed E-state index contributed by atoms with van der Waals surface area (Å²) in [6.45, 7) is 8.72. The predicted molar refractivity (Wildman–Crippen MR) is 83.7 cm³/mol. The Morgan fingerprint density at radius 3 is 1.95 bits per heavy atom. The van der Waals surface area contributed by atoms with Crippen molar-refractivity contribution < 1.29 is 19.1 Å². The third-order valence-electron chi connectivity index (χ3n) is 3.32. The molecular formula is C17H25NO4. The van der Waals surface area contributed by atoms with Gasteiger partial charge in [-0.2, -0.15) is 0 Å². The highest BCUT2D eigenvalue weighted by Gasteiger charge is 2.16. The minimum absolute atomic E-state index is 0.123. The zero-order valence-electron chi connectivity index (χ0n) is 13.8. The molecule has 0 N–H and O–H groups in total. The van der Waals surface area contributed by atoms with Gasteiger partial charge < -0.3 is 9.47 Å². The lowest BCUT2D eigenvalue weighted by molar-refractivity contribution is 0.0423. The quantitative estimate of drug-likeness (QED) is 0.688. The largest absolute Gasteiger partial charge is 0.461 e. The summed E-state index contributed by atoms with van der Waals surface area (Å²) in [5.74, 6) is -0.436. The summed E-state index contributed by atoms with van der Waals surface area (Å²) in [6, 6.07) is 4.67. The van der Waals surface area contributed by atoms with E-state index < -0.39 is 11.9 Å². The van der Waals surface area contributed by atoms with E-state index in [9.17, 15) is 9.59 Å². The minimum atomic E-state index is -0.525. The van der Waals surface area contributed by atoms with E-state index >= 15 is 0 Å². The lowest BCUT2D eigenvalue weighted by atomic mass is 10.1. The molecule has 1 aromatic heterocycles. The summed E-state index contributed by atoms with van der Waals surface area (Å²) in [5.41, 5.74) is 0.252. The molecule has 5 nitrogen and oxygen atoms in total. The Bertz CT molecular complexity index is 495. The van der Waals surface area contributed by atoms with Gasteiger partial charge in [0.25, 0.3) is 0 Å². The van der Waals surface area contributed by atoms with Crippen molar-refractivity contribution in [2.75, 3.05) is 13.2 Å².